The maximum absolute atomic E-state index is 13.3. The fraction of sp³-hybridized carbons (Fsp3) is 0.214. The van der Waals surface area contributed by atoms with E-state index in [1.807, 2.05) is 13.8 Å². The number of imidazole rings is 1. The lowest BCUT2D eigenvalue weighted by molar-refractivity contribution is 0.432. The molecule has 2 N–H and O–H groups in total. The van der Waals surface area contributed by atoms with Crippen molar-refractivity contribution in [1.82, 2.24) is 9.38 Å². The number of halogens is 1. The summed E-state index contributed by atoms with van der Waals surface area (Å²) >= 11 is 1.64. The number of hydrogen-bond acceptors (Lipinski definition) is 4. The van der Waals surface area contributed by atoms with Gasteiger partial charge < -0.3 is 10.4 Å². The molecule has 4 nitrogen and oxygen atoms in total. The van der Waals surface area contributed by atoms with Gasteiger partial charge >= 0.3 is 0 Å². The van der Waals surface area contributed by atoms with E-state index in [1.54, 1.807) is 17.4 Å². The molecule has 2 heterocycles. The Bertz CT molecular complexity index is 778. The Morgan fingerprint density at radius 2 is 2.20 bits per heavy atom. The number of fused-ring (bicyclic) bond motifs is 1. The van der Waals surface area contributed by atoms with Crippen molar-refractivity contribution in [3.8, 4) is 5.75 Å². The number of hydrogen-bond donors (Lipinski definition) is 2. The van der Waals surface area contributed by atoms with Crippen molar-refractivity contribution in [2.45, 2.75) is 20.4 Å². The number of aromatic hydroxyl groups is 1. The van der Waals surface area contributed by atoms with Crippen LogP contribution in [0.4, 0.5) is 10.1 Å². The largest absolute Gasteiger partial charge is 0.505 e. The fourth-order valence-corrected chi connectivity index (χ4v) is 3.01. The Labute approximate surface area is 119 Å². The molecule has 0 saturated heterocycles. The van der Waals surface area contributed by atoms with Gasteiger partial charge in [-0.05, 0) is 26.0 Å². The van der Waals surface area contributed by atoms with Crippen LogP contribution in [0.1, 0.15) is 16.3 Å². The minimum atomic E-state index is -0.628. The number of nitrogens with one attached hydrogen (secondary N) is 1. The minimum Gasteiger partial charge on any atom is -0.505 e. The zero-order chi connectivity index (χ0) is 14.3. The molecule has 0 aliphatic heterocycles. The molecule has 0 atom stereocenters. The van der Waals surface area contributed by atoms with Crippen LogP contribution in [0.15, 0.2) is 24.4 Å². The summed E-state index contributed by atoms with van der Waals surface area (Å²) in [7, 11) is 0. The number of aromatic nitrogens is 2. The standard InChI is InChI=1S/C14H14FN3OS/c1-8-7-18-12(9(2)17-14(18)20-8)6-16-10-3-4-13(19)11(15)5-10/h3-5,7,16,19H,6H2,1-2H3. The topological polar surface area (TPSA) is 49.6 Å². The van der Waals surface area contributed by atoms with E-state index in [1.165, 1.54) is 17.0 Å². The molecule has 104 valence electrons. The second-order valence-corrected chi connectivity index (χ2v) is 5.87. The molecular formula is C14H14FN3OS. The van der Waals surface area contributed by atoms with E-state index < -0.39 is 5.82 Å². The molecule has 0 saturated carbocycles. The van der Waals surface area contributed by atoms with Gasteiger partial charge in [0.15, 0.2) is 16.5 Å². The van der Waals surface area contributed by atoms with Gasteiger partial charge in [0.05, 0.1) is 17.9 Å². The van der Waals surface area contributed by atoms with Gasteiger partial charge in [0.2, 0.25) is 0 Å². The summed E-state index contributed by atoms with van der Waals surface area (Å²) in [5, 5.41) is 12.3. The monoisotopic (exact) mass is 291 g/mol. The number of benzene rings is 1. The van der Waals surface area contributed by atoms with E-state index in [0.29, 0.717) is 12.2 Å². The van der Waals surface area contributed by atoms with Crippen molar-refractivity contribution in [2.75, 3.05) is 5.32 Å². The van der Waals surface area contributed by atoms with Gasteiger partial charge in [-0.15, -0.1) is 11.3 Å². The van der Waals surface area contributed by atoms with E-state index in [0.717, 1.165) is 16.3 Å². The number of aryl methyl sites for hydroxylation is 2. The lowest BCUT2D eigenvalue weighted by Gasteiger charge is -2.07. The first-order valence-electron chi connectivity index (χ1n) is 6.21. The summed E-state index contributed by atoms with van der Waals surface area (Å²) in [6, 6.07) is 4.26. The molecule has 0 amide bonds. The molecular weight excluding hydrogens is 277 g/mol. The zero-order valence-corrected chi connectivity index (χ0v) is 12.0. The van der Waals surface area contributed by atoms with Crippen molar-refractivity contribution in [3.63, 3.8) is 0 Å². The van der Waals surface area contributed by atoms with Gasteiger partial charge in [-0.1, -0.05) is 0 Å². The first-order valence-corrected chi connectivity index (χ1v) is 7.02. The lowest BCUT2D eigenvalue weighted by Crippen LogP contribution is -2.03. The number of nitrogens with zero attached hydrogens (tertiary/aromatic N) is 2. The fourth-order valence-electron chi connectivity index (χ4n) is 2.12. The number of phenolic OH excluding ortho intramolecular Hbond substituents is 1. The molecule has 0 radical (unpaired) electrons. The van der Waals surface area contributed by atoms with Crippen molar-refractivity contribution < 1.29 is 9.50 Å². The zero-order valence-electron chi connectivity index (χ0n) is 11.1. The molecule has 3 rings (SSSR count). The summed E-state index contributed by atoms with van der Waals surface area (Å²) in [6.45, 7) is 4.55. The van der Waals surface area contributed by atoms with E-state index in [9.17, 15) is 4.39 Å². The van der Waals surface area contributed by atoms with E-state index in [4.69, 9.17) is 5.11 Å². The maximum atomic E-state index is 13.3. The van der Waals surface area contributed by atoms with Gasteiger partial charge in [0.25, 0.3) is 0 Å². The maximum Gasteiger partial charge on any atom is 0.194 e. The van der Waals surface area contributed by atoms with Crippen LogP contribution in [0.2, 0.25) is 0 Å². The Hall–Kier alpha value is -2.08. The predicted octanol–water partition coefficient (Wildman–Crippen LogP) is 3.47. The molecule has 0 aliphatic rings. The smallest absolute Gasteiger partial charge is 0.194 e. The van der Waals surface area contributed by atoms with Gasteiger partial charge in [-0.3, -0.25) is 4.40 Å². The highest BCUT2D eigenvalue weighted by Crippen LogP contribution is 2.23. The number of thiazole rings is 1. The molecule has 0 bridgehead atoms. The van der Waals surface area contributed by atoms with Crippen LogP contribution in [0.5, 0.6) is 5.75 Å². The van der Waals surface area contributed by atoms with Crippen molar-refractivity contribution >= 4 is 22.0 Å². The van der Waals surface area contributed by atoms with Crippen LogP contribution >= 0.6 is 11.3 Å². The summed E-state index contributed by atoms with van der Waals surface area (Å²) < 4.78 is 15.3. The van der Waals surface area contributed by atoms with Crippen LogP contribution in [0.3, 0.4) is 0 Å². The normalized spacial score (nSPS) is 11.2. The average molecular weight is 291 g/mol. The average Bonchev–Trinajstić information content (AvgIpc) is 2.87. The van der Waals surface area contributed by atoms with Crippen LogP contribution in [-0.2, 0) is 6.54 Å². The number of rotatable bonds is 3. The van der Waals surface area contributed by atoms with E-state index >= 15 is 0 Å². The third-order valence-electron chi connectivity index (χ3n) is 3.15. The highest BCUT2D eigenvalue weighted by atomic mass is 32.1. The van der Waals surface area contributed by atoms with Gasteiger partial charge in [0.1, 0.15) is 0 Å². The van der Waals surface area contributed by atoms with Crippen LogP contribution in [0.25, 0.3) is 4.96 Å². The Balaban J connectivity index is 1.85. The third kappa shape index (κ3) is 2.22. The Morgan fingerprint density at radius 3 is 2.95 bits per heavy atom. The lowest BCUT2D eigenvalue weighted by atomic mass is 10.2. The first kappa shape index (κ1) is 12.9. The molecule has 0 spiro atoms. The molecule has 6 heteroatoms. The number of anilines is 1. The Morgan fingerprint density at radius 1 is 1.40 bits per heavy atom. The molecule has 0 fully saturated rings. The molecule has 0 aliphatic carbocycles. The van der Waals surface area contributed by atoms with Crippen LogP contribution in [-0.4, -0.2) is 14.5 Å². The van der Waals surface area contributed by atoms with Crippen molar-refractivity contribution in [1.29, 1.82) is 0 Å². The van der Waals surface area contributed by atoms with E-state index in [-0.39, 0.29) is 5.75 Å². The van der Waals surface area contributed by atoms with Gasteiger partial charge in [-0.25, -0.2) is 9.37 Å². The van der Waals surface area contributed by atoms with Gasteiger partial charge in [-0.2, -0.15) is 0 Å². The SMILES string of the molecule is Cc1cn2c(CNc3ccc(O)c(F)c3)c(C)nc2s1. The molecule has 0 unspecified atom stereocenters. The van der Waals surface area contributed by atoms with Crippen molar-refractivity contribution in [2.24, 2.45) is 0 Å². The highest BCUT2D eigenvalue weighted by Gasteiger charge is 2.11. The Kier molecular flexibility index (Phi) is 3.10. The summed E-state index contributed by atoms with van der Waals surface area (Å²) in [5.41, 5.74) is 2.64. The highest BCUT2D eigenvalue weighted by molar-refractivity contribution is 7.17. The summed E-state index contributed by atoms with van der Waals surface area (Å²) in [5.74, 6) is -0.969. The third-order valence-corrected chi connectivity index (χ3v) is 4.05. The quantitative estimate of drug-likeness (QED) is 0.726. The first-order chi connectivity index (χ1) is 9.54. The predicted molar refractivity (Wildman–Crippen MR) is 77.9 cm³/mol. The van der Waals surface area contributed by atoms with Crippen LogP contribution < -0.4 is 5.32 Å². The summed E-state index contributed by atoms with van der Waals surface area (Å²) in [6.07, 6.45) is 2.05. The molecule has 2 aromatic heterocycles. The minimum absolute atomic E-state index is 0.341. The second kappa shape index (κ2) is 4.79. The molecule has 20 heavy (non-hydrogen) atoms. The second-order valence-electron chi connectivity index (χ2n) is 4.66. The molecule has 3 aromatic rings. The van der Waals surface area contributed by atoms with Crippen molar-refractivity contribution in [3.05, 3.63) is 46.5 Å². The number of phenols is 1. The van der Waals surface area contributed by atoms with Crippen LogP contribution in [0, 0.1) is 19.7 Å². The van der Waals surface area contributed by atoms with Gasteiger partial charge in [0, 0.05) is 22.8 Å². The van der Waals surface area contributed by atoms with E-state index in [2.05, 4.69) is 20.9 Å². The molecule has 1 aromatic carbocycles. The summed E-state index contributed by atoms with van der Waals surface area (Å²) in [4.78, 5) is 6.67.